The number of carbonyl (C=O) groups excluding carboxylic acids is 1. The summed E-state index contributed by atoms with van der Waals surface area (Å²) in [5, 5.41) is 29.0. The van der Waals surface area contributed by atoms with Gasteiger partial charge in [-0.3, -0.25) is 9.69 Å². The van der Waals surface area contributed by atoms with Crippen LogP contribution in [0.1, 0.15) is 18.1 Å². The largest absolute Gasteiger partial charge is 0.478 e. The smallest absolute Gasteiger partial charge is 0.328 e. The first kappa shape index (κ1) is 23.2. The van der Waals surface area contributed by atoms with Gasteiger partial charge in [-0.15, -0.1) is 0 Å². The van der Waals surface area contributed by atoms with Crippen molar-refractivity contribution in [3.8, 4) is 0 Å². The van der Waals surface area contributed by atoms with Gasteiger partial charge in [-0.2, -0.15) is 0 Å². The first-order chi connectivity index (χ1) is 15.2. The van der Waals surface area contributed by atoms with E-state index >= 15 is 0 Å². The molecule has 1 aromatic heterocycles. The second-order valence-electron chi connectivity index (χ2n) is 8.03. The van der Waals surface area contributed by atoms with E-state index < -0.39 is 11.9 Å². The van der Waals surface area contributed by atoms with Crippen molar-refractivity contribution in [1.82, 2.24) is 15.2 Å². The quantitative estimate of drug-likeness (QED) is 0.439. The van der Waals surface area contributed by atoms with Crippen LogP contribution in [-0.4, -0.2) is 75.3 Å². The Labute approximate surface area is 185 Å². The van der Waals surface area contributed by atoms with Crippen LogP contribution in [0, 0.1) is 5.92 Å². The summed E-state index contributed by atoms with van der Waals surface area (Å²) in [6.07, 6.45) is 6.33. The molecule has 0 saturated carbocycles. The zero-order valence-corrected chi connectivity index (χ0v) is 17.9. The molecular formula is C23H27N3O6. The van der Waals surface area contributed by atoms with Gasteiger partial charge in [0.1, 0.15) is 0 Å². The number of fused-ring (bicyclic) bond motifs is 2. The van der Waals surface area contributed by atoms with E-state index in [2.05, 4.69) is 52.7 Å². The number of H-pyrrole nitrogens is 1. The SMILES string of the molecule is C[C@@H](CO)NC(=O)C1C=C2c3cccc4[nH]cc(c34)C[C@H]2N(C)C1.O=C(O)/C=C\C(=O)O. The Morgan fingerprint density at radius 1 is 1.25 bits per heavy atom. The molecule has 2 heterocycles. The summed E-state index contributed by atoms with van der Waals surface area (Å²) >= 11 is 0. The molecule has 0 bridgehead atoms. The van der Waals surface area contributed by atoms with Gasteiger partial charge in [0, 0.05) is 47.9 Å². The van der Waals surface area contributed by atoms with E-state index in [1.807, 2.05) is 6.92 Å². The van der Waals surface area contributed by atoms with Gasteiger partial charge < -0.3 is 25.6 Å². The van der Waals surface area contributed by atoms with Gasteiger partial charge in [0.15, 0.2) is 0 Å². The zero-order chi connectivity index (χ0) is 23.4. The number of likely N-dealkylation sites (N-methyl/N-ethyl adjacent to an activating group) is 1. The number of aliphatic carboxylic acids is 2. The summed E-state index contributed by atoms with van der Waals surface area (Å²) < 4.78 is 0. The minimum Gasteiger partial charge on any atom is -0.478 e. The number of aliphatic hydroxyl groups excluding tert-OH is 1. The molecule has 2 aromatic rings. The van der Waals surface area contributed by atoms with E-state index in [9.17, 15) is 14.4 Å². The molecule has 1 aromatic carbocycles. The minimum atomic E-state index is -1.26. The van der Waals surface area contributed by atoms with Gasteiger partial charge in [-0.05, 0) is 43.2 Å². The van der Waals surface area contributed by atoms with Crippen LogP contribution in [0.5, 0.6) is 0 Å². The van der Waals surface area contributed by atoms with E-state index in [0.717, 1.165) is 11.9 Å². The van der Waals surface area contributed by atoms with Gasteiger partial charge in [-0.1, -0.05) is 18.2 Å². The molecule has 1 amide bonds. The molecular weight excluding hydrogens is 414 g/mol. The molecule has 0 fully saturated rings. The van der Waals surface area contributed by atoms with Crippen molar-refractivity contribution in [2.75, 3.05) is 20.2 Å². The van der Waals surface area contributed by atoms with Crippen LogP contribution in [0.4, 0.5) is 0 Å². The van der Waals surface area contributed by atoms with Crippen LogP contribution in [0.3, 0.4) is 0 Å². The summed E-state index contributed by atoms with van der Waals surface area (Å²) in [5.41, 5.74) is 4.99. The highest BCUT2D eigenvalue weighted by Crippen LogP contribution is 2.40. The van der Waals surface area contributed by atoms with E-state index in [4.69, 9.17) is 15.3 Å². The molecule has 0 spiro atoms. The predicted molar refractivity (Wildman–Crippen MR) is 119 cm³/mol. The van der Waals surface area contributed by atoms with E-state index in [0.29, 0.717) is 24.7 Å². The van der Waals surface area contributed by atoms with Crippen molar-refractivity contribution in [2.45, 2.75) is 25.4 Å². The highest BCUT2D eigenvalue weighted by Gasteiger charge is 2.35. The molecule has 5 N–H and O–H groups in total. The number of nitrogens with one attached hydrogen (secondary N) is 2. The minimum absolute atomic E-state index is 0.0126. The lowest BCUT2D eigenvalue weighted by atomic mass is 9.80. The molecule has 170 valence electrons. The van der Waals surface area contributed by atoms with Crippen molar-refractivity contribution in [3.05, 3.63) is 53.8 Å². The third-order valence-electron chi connectivity index (χ3n) is 5.64. The van der Waals surface area contributed by atoms with Crippen LogP contribution in [0.2, 0.25) is 0 Å². The van der Waals surface area contributed by atoms with Crippen molar-refractivity contribution in [3.63, 3.8) is 0 Å². The van der Waals surface area contributed by atoms with Crippen molar-refractivity contribution >= 4 is 34.3 Å². The Hall–Kier alpha value is -3.43. The zero-order valence-electron chi connectivity index (χ0n) is 17.9. The molecule has 3 atom stereocenters. The molecule has 32 heavy (non-hydrogen) atoms. The van der Waals surface area contributed by atoms with Crippen LogP contribution >= 0.6 is 0 Å². The normalized spacial score (nSPS) is 20.7. The molecule has 0 saturated heterocycles. The summed E-state index contributed by atoms with van der Waals surface area (Å²) in [4.78, 5) is 37.3. The van der Waals surface area contributed by atoms with E-state index in [1.54, 1.807) is 0 Å². The maximum absolute atomic E-state index is 12.5. The van der Waals surface area contributed by atoms with Gasteiger partial charge in [-0.25, -0.2) is 9.59 Å². The summed E-state index contributed by atoms with van der Waals surface area (Å²) in [6.45, 7) is 2.47. The van der Waals surface area contributed by atoms with Crippen molar-refractivity contribution in [1.29, 1.82) is 0 Å². The average molecular weight is 441 g/mol. The fourth-order valence-electron chi connectivity index (χ4n) is 4.15. The number of carboxylic acid groups (broad SMARTS) is 2. The van der Waals surface area contributed by atoms with Crippen molar-refractivity contribution < 1.29 is 29.7 Å². The van der Waals surface area contributed by atoms with Gasteiger partial charge in [0.25, 0.3) is 0 Å². The number of amides is 1. The second kappa shape index (κ2) is 9.80. The third kappa shape index (κ3) is 5.06. The summed E-state index contributed by atoms with van der Waals surface area (Å²) in [6, 6.07) is 6.42. The van der Waals surface area contributed by atoms with Crippen molar-refractivity contribution in [2.24, 2.45) is 5.92 Å². The number of benzene rings is 1. The van der Waals surface area contributed by atoms with Gasteiger partial charge in [0.2, 0.25) is 5.91 Å². The Kier molecular flexibility index (Phi) is 7.12. The lowest BCUT2D eigenvalue weighted by Crippen LogP contribution is -2.48. The van der Waals surface area contributed by atoms with E-state index in [-0.39, 0.29) is 24.5 Å². The van der Waals surface area contributed by atoms with Crippen LogP contribution in [0.25, 0.3) is 16.5 Å². The van der Waals surface area contributed by atoms with Gasteiger partial charge >= 0.3 is 11.9 Å². The first-order valence-corrected chi connectivity index (χ1v) is 10.3. The fourth-order valence-corrected chi connectivity index (χ4v) is 4.15. The number of hydrogen-bond donors (Lipinski definition) is 5. The summed E-state index contributed by atoms with van der Waals surface area (Å²) in [5.74, 6) is -2.72. The molecule has 2 aliphatic rings. The maximum Gasteiger partial charge on any atom is 0.328 e. The van der Waals surface area contributed by atoms with Crippen LogP contribution in [0.15, 0.2) is 42.6 Å². The Balaban J connectivity index is 0.000000312. The maximum atomic E-state index is 12.5. The van der Waals surface area contributed by atoms with Crippen LogP contribution in [-0.2, 0) is 20.8 Å². The number of aliphatic hydroxyl groups is 1. The fraction of sp³-hybridized carbons (Fsp3) is 0.348. The molecule has 9 nitrogen and oxygen atoms in total. The lowest BCUT2D eigenvalue weighted by Gasteiger charge is -2.39. The number of hydrogen-bond acceptors (Lipinski definition) is 5. The average Bonchev–Trinajstić information content (AvgIpc) is 3.17. The molecule has 1 aliphatic carbocycles. The number of aromatic amines is 1. The monoisotopic (exact) mass is 441 g/mol. The predicted octanol–water partition coefficient (Wildman–Crippen LogP) is 1.25. The molecule has 1 aliphatic heterocycles. The molecule has 4 rings (SSSR count). The standard InChI is InChI=1S/C19H23N3O2.C4H4O4/c1-11(10-23)21-19(24)13-6-15-14-4-3-5-16-18(14)12(8-20-16)7-17(15)22(2)9-13;5-3(6)1-2-4(7)8/h3-6,8,11,13,17,20,23H,7,9-10H2,1-2H3,(H,21,24);1-2H,(H,5,6)(H,7,8)/b;2-1-/t11-,13?,17+;/m0./s1. The van der Waals surface area contributed by atoms with Gasteiger partial charge in [0.05, 0.1) is 12.5 Å². The highest BCUT2D eigenvalue weighted by atomic mass is 16.4. The Bertz CT molecular complexity index is 1070. The van der Waals surface area contributed by atoms with E-state index in [1.165, 1.54) is 22.1 Å². The molecule has 9 heteroatoms. The van der Waals surface area contributed by atoms with Crippen LogP contribution < -0.4 is 5.32 Å². The molecule has 0 radical (unpaired) electrons. The molecule has 1 unspecified atom stereocenters. The number of rotatable bonds is 5. The number of aromatic nitrogens is 1. The topological polar surface area (TPSA) is 143 Å². The lowest BCUT2D eigenvalue weighted by molar-refractivity contribution is -0.134. The second-order valence-corrected chi connectivity index (χ2v) is 8.03. The first-order valence-electron chi connectivity index (χ1n) is 10.3. The summed E-state index contributed by atoms with van der Waals surface area (Å²) in [7, 11) is 2.09. The Morgan fingerprint density at radius 3 is 2.56 bits per heavy atom. The third-order valence-corrected chi connectivity index (χ3v) is 5.64. The highest BCUT2D eigenvalue weighted by molar-refractivity contribution is 5.99. The Morgan fingerprint density at radius 2 is 1.94 bits per heavy atom. The number of carboxylic acids is 2. The number of nitrogens with zero attached hydrogens (tertiary/aromatic N) is 1. The number of carbonyl (C=O) groups is 3.